The Bertz CT molecular complexity index is 1490. The van der Waals surface area contributed by atoms with Crippen LogP contribution in [0.25, 0.3) is 0 Å². The van der Waals surface area contributed by atoms with Crippen LogP contribution in [0, 0.1) is 5.92 Å². The van der Waals surface area contributed by atoms with Crippen molar-refractivity contribution in [3.05, 3.63) is 101 Å². The number of aliphatic hydroxyl groups excluding tert-OH is 1. The second kappa shape index (κ2) is 14.7. The maximum Gasteiger partial charge on any atom is 0.255 e. The highest BCUT2D eigenvalue weighted by atomic mass is 16.7. The summed E-state index contributed by atoms with van der Waals surface area (Å²) < 4.78 is 13.4. The number of amides is 2. The first-order valence-corrected chi connectivity index (χ1v) is 17.2. The number of carbonyl (C=O) groups excluding carboxylic acids is 2. The molecule has 250 valence electrons. The third-order valence-corrected chi connectivity index (χ3v) is 9.81. The smallest absolute Gasteiger partial charge is 0.255 e. The monoisotopic (exact) mass is 639 g/mol. The van der Waals surface area contributed by atoms with Crippen LogP contribution in [0.3, 0.4) is 0 Å². The van der Waals surface area contributed by atoms with E-state index in [-0.39, 0.29) is 42.2 Å². The molecule has 6 rings (SSSR count). The molecule has 0 aromatic heterocycles. The van der Waals surface area contributed by atoms with Gasteiger partial charge in [0.2, 0.25) is 5.91 Å². The van der Waals surface area contributed by atoms with Gasteiger partial charge in [-0.25, -0.2) is 0 Å². The van der Waals surface area contributed by atoms with Crippen LogP contribution in [-0.2, 0) is 20.9 Å². The summed E-state index contributed by atoms with van der Waals surface area (Å²) in [7, 11) is 0. The maximum absolute atomic E-state index is 13.7. The summed E-state index contributed by atoms with van der Waals surface area (Å²) >= 11 is 0. The van der Waals surface area contributed by atoms with Crippen LogP contribution in [-0.4, -0.2) is 52.1 Å². The summed E-state index contributed by atoms with van der Waals surface area (Å²) in [6.45, 7) is 6.76. The van der Waals surface area contributed by atoms with Gasteiger partial charge in [-0.2, -0.15) is 0 Å². The van der Waals surface area contributed by atoms with Crippen molar-refractivity contribution in [2.24, 2.45) is 5.92 Å². The first kappa shape index (κ1) is 33.3. The third kappa shape index (κ3) is 8.30. The van der Waals surface area contributed by atoms with Crippen LogP contribution in [0.5, 0.6) is 0 Å². The van der Waals surface area contributed by atoms with E-state index in [0.717, 1.165) is 36.0 Å². The second-order valence-electron chi connectivity index (χ2n) is 14.4. The Morgan fingerprint density at radius 2 is 1.55 bits per heavy atom. The molecule has 3 N–H and O–H groups in total. The fourth-order valence-electron chi connectivity index (χ4n) is 7.51. The summed E-state index contributed by atoms with van der Waals surface area (Å²) in [5.74, 6) is 0.551. The van der Waals surface area contributed by atoms with E-state index < -0.39 is 6.29 Å². The molecule has 3 aromatic carbocycles. The van der Waals surface area contributed by atoms with Gasteiger partial charge in [-0.1, -0.05) is 67.4 Å². The molecule has 1 aliphatic carbocycles. The average molecular weight is 640 g/mol. The molecule has 0 bridgehead atoms. The van der Waals surface area contributed by atoms with E-state index in [9.17, 15) is 14.7 Å². The Balaban J connectivity index is 1.24. The zero-order valence-electron chi connectivity index (χ0n) is 27.9. The molecule has 8 nitrogen and oxygen atoms in total. The van der Waals surface area contributed by atoms with Gasteiger partial charge in [0.05, 0.1) is 24.9 Å². The summed E-state index contributed by atoms with van der Waals surface area (Å²) in [4.78, 5) is 28.9. The standard InChI is InChI=1S/C39H49N3O5/c1-39(2,3)41-37(45)34-22-19-27-9-7-8-12-33(27)42(34)24-32-23-35(28-15-13-26(25-43)14-16-28)47-38(46-32)30-17-20-31(21-18-30)40-36(44)29-10-5-4-6-11-29/h4-6,10-11,13-18,20-21,27,32-35,38,43H,7-9,12,19,22-25H2,1-3H3,(H,40,44)(H,41,45)/t27-,32+,33-,34-,35-,38-/m1/s1. The van der Waals surface area contributed by atoms with Crippen molar-refractivity contribution >= 4 is 17.5 Å². The van der Waals surface area contributed by atoms with Gasteiger partial charge in [0.15, 0.2) is 6.29 Å². The van der Waals surface area contributed by atoms with Crippen LogP contribution >= 0.6 is 0 Å². The van der Waals surface area contributed by atoms with Gasteiger partial charge in [-0.15, -0.1) is 0 Å². The number of piperidine rings is 1. The minimum atomic E-state index is -0.621. The third-order valence-electron chi connectivity index (χ3n) is 9.81. The predicted molar refractivity (Wildman–Crippen MR) is 183 cm³/mol. The molecular formula is C39H49N3O5. The van der Waals surface area contributed by atoms with Crippen LogP contribution in [0.4, 0.5) is 5.69 Å². The van der Waals surface area contributed by atoms with Crippen LogP contribution < -0.4 is 10.6 Å². The van der Waals surface area contributed by atoms with Gasteiger partial charge in [-0.05, 0) is 87.8 Å². The van der Waals surface area contributed by atoms with Crippen molar-refractivity contribution in [3.63, 3.8) is 0 Å². The zero-order valence-corrected chi connectivity index (χ0v) is 27.9. The quantitative estimate of drug-likeness (QED) is 0.248. The molecule has 2 heterocycles. The van der Waals surface area contributed by atoms with Gasteiger partial charge >= 0.3 is 0 Å². The van der Waals surface area contributed by atoms with E-state index in [1.807, 2.05) is 87.5 Å². The molecule has 0 spiro atoms. The van der Waals surface area contributed by atoms with Gasteiger partial charge in [0.25, 0.3) is 5.91 Å². The molecule has 3 aliphatic rings. The lowest BCUT2D eigenvalue weighted by Gasteiger charge is -2.50. The molecule has 6 atom stereocenters. The highest BCUT2D eigenvalue weighted by Gasteiger charge is 2.44. The number of carbonyl (C=O) groups is 2. The number of benzene rings is 3. The first-order chi connectivity index (χ1) is 22.7. The normalized spacial score (nSPS) is 26.6. The SMILES string of the molecule is CC(C)(C)NC(=O)[C@H]1CC[C@H]2CCCC[C@H]2N1C[C@@H]1C[C@H](c2ccc(CO)cc2)O[C@H](c2ccc(NC(=O)c3ccccc3)cc2)O1. The molecule has 8 heteroatoms. The zero-order chi connectivity index (χ0) is 33.0. The Hall–Kier alpha value is -3.56. The molecule has 0 radical (unpaired) electrons. The number of anilines is 1. The average Bonchev–Trinajstić information content (AvgIpc) is 3.08. The summed E-state index contributed by atoms with van der Waals surface area (Å²) in [5, 5.41) is 15.8. The lowest BCUT2D eigenvalue weighted by Crippen LogP contribution is -2.61. The molecule has 47 heavy (non-hydrogen) atoms. The van der Waals surface area contributed by atoms with Crippen molar-refractivity contribution in [1.82, 2.24) is 10.2 Å². The maximum atomic E-state index is 13.7. The summed E-state index contributed by atoms with van der Waals surface area (Å²) in [6.07, 6.45) is 6.37. The van der Waals surface area contributed by atoms with Crippen molar-refractivity contribution in [2.45, 2.75) is 108 Å². The fourth-order valence-corrected chi connectivity index (χ4v) is 7.51. The van der Waals surface area contributed by atoms with E-state index in [4.69, 9.17) is 9.47 Å². The van der Waals surface area contributed by atoms with Crippen molar-refractivity contribution in [2.75, 3.05) is 11.9 Å². The minimum Gasteiger partial charge on any atom is -0.392 e. The molecular weight excluding hydrogens is 590 g/mol. The second-order valence-corrected chi connectivity index (χ2v) is 14.4. The van der Waals surface area contributed by atoms with Crippen LogP contribution in [0.1, 0.15) is 105 Å². The minimum absolute atomic E-state index is 0.0111. The highest BCUT2D eigenvalue weighted by Crippen LogP contribution is 2.42. The van der Waals surface area contributed by atoms with E-state index >= 15 is 0 Å². The van der Waals surface area contributed by atoms with E-state index in [1.165, 1.54) is 19.3 Å². The van der Waals surface area contributed by atoms with Gasteiger partial charge in [0.1, 0.15) is 0 Å². The summed E-state index contributed by atoms with van der Waals surface area (Å²) in [6, 6.07) is 24.9. The van der Waals surface area contributed by atoms with Gasteiger partial charge in [-0.3, -0.25) is 14.5 Å². The fraction of sp³-hybridized carbons (Fsp3) is 0.487. The molecule has 2 aliphatic heterocycles. The number of nitrogens with one attached hydrogen (secondary N) is 2. The number of fused-ring (bicyclic) bond motifs is 1. The number of hydrogen-bond donors (Lipinski definition) is 3. The molecule has 2 amide bonds. The number of ether oxygens (including phenoxy) is 2. The number of aliphatic hydroxyl groups is 1. The van der Waals surface area contributed by atoms with Gasteiger partial charge in [0, 0.05) is 41.4 Å². The van der Waals surface area contributed by atoms with Crippen LogP contribution in [0.15, 0.2) is 78.9 Å². The van der Waals surface area contributed by atoms with Crippen molar-refractivity contribution in [3.8, 4) is 0 Å². The highest BCUT2D eigenvalue weighted by molar-refractivity contribution is 6.04. The predicted octanol–water partition coefficient (Wildman–Crippen LogP) is 6.91. The van der Waals surface area contributed by atoms with Gasteiger partial charge < -0.3 is 25.2 Å². The lowest BCUT2D eigenvalue weighted by atomic mass is 9.75. The van der Waals surface area contributed by atoms with Crippen molar-refractivity contribution < 1.29 is 24.2 Å². The Labute approximate surface area is 278 Å². The molecule has 1 saturated carbocycles. The largest absolute Gasteiger partial charge is 0.392 e. The summed E-state index contributed by atoms with van der Waals surface area (Å²) in [5.41, 5.74) is 3.73. The number of nitrogens with zero attached hydrogens (tertiary/aromatic N) is 1. The van der Waals surface area contributed by atoms with Crippen molar-refractivity contribution in [1.29, 1.82) is 0 Å². The number of rotatable bonds is 8. The number of likely N-dealkylation sites (tertiary alicyclic amines) is 1. The molecule has 3 aromatic rings. The Kier molecular flexibility index (Phi) is 10.4. The van der Waals surface area contributed by atoms with E-state index in [2.05, 4.69) is 15.5 Å². The molecule has 2 saturated heterocycles. The number of hydrogen-bond acceptors (Lipinski definition) is 6. The Morgan fingerprint density at radius 1 is 0.851 bits per heavy atom. The van der Waals surface area contributed by atoms with E-state index in [1.54, 1.807) is 12.1 Å². The molecule has 3 fully saturated rings. The lowest BCUT2D eigenvalue weighted by molar-refractivity contribution is -0.255. The van der Waals surface area contributed by atoms with Crippen LogP contribution in [0.2, 0.25) is 0 Å². The first-order valence-electron chi connectivity index (χ1n) is 17.2. The van der Waals surface area contributed by atoms with E-state index in [0.29, 0.717) is 36.2 Å². The molecule has 0 unspecified atom stereocenters. The topological polar surface area (TPSA) is 100 Å². The Morgan fingerprint density at radius 3 is 2.26 bits per heavy atom.